The molecule has 0 unspecified atom stereocenters. The number of hydrogen-bond acceptors (Lipinski definition) is 3. The summed E-state index contributed by atoms with van der Waals surface area (Å²) < 4.78 is 23.5. The zero-order valence-corrected chi connectivity index (χ0v) is 10.2. The molecule has 0 saturated carbocycles. The highest BCUT2D eigenvalue weighted by atomic mass is 19.1. The number of benzene rings is 2. The Hall–Kier alpha value is -2.23. The van der Waals surface area contributed by atoms with Crippen molar-refractivity contribution in [1.29, 1.82) is 0 Å². The molecular formula is C14H14FNO2. The van der Waals surface area contributed by atoms with Crippen LogP contribution in [0, 0.1) is 5.82 Å². The van der Waals surface area contributed by atoms with Crippen molar-refractivity contribution in [3.8, 4) is 22.6 Å². The summed E-state index contributed by atoms with van der Waals surface area (Å²) in [4.78, 5) is 0. The number of methoxy groups -OCH3 is 2. The molecule has 2 aromatic rings. The van der Waals surface area contributed by atoms with Gasteiger partial charge in [0.15, 0.2) is 11.5 Å². The van der Waals surface area contributed by atoms with Gasteiger partial charge >= 0.3 is 0 Å². The Kier molecular flexibility index (Phi) is 3.37. The number of ether oxygens (including phenoxy) is 2. The smallest absolute Gasteiger partial charge is 0.161 e. The van der Waals surface area contributed by atoms with E-state index in [0.29, 0.717) is 11.5 Å². The molecule has 2 N–H and O–H groups in total. The Labute approximate surface area is 105 Å². The van der Waals surface area contributed by atoms with Crippen molar-refractivity contribution in [3.63, 3.8) is 0 Å². The lowest BCUT2D eigenvalue weighted by Gasteiger charge is -2.10. The van der Waals surface area contributed by atoms with E-state index in [1.807, 2.05) is 12.1 Å². The first kappa shape index (κ1) is 12.2. The molecule has 3 nitrogen and oxygen atoms in total. The van der Waals surface area contributed by atoms with Gasteiger partial charge in [-0.2, -0.15) is 0 Å². The Morgan fingerprint density at radius 1 is 0.889 bits per heavy atom. The topological polar surface area (TPSA) is 44.5 Å². The minimum absolute atomic E-state index is 0.127. The molecule has 0 bridgehead atoms. The van der Waals surface area contributed by atoms with Crippen LogP contribution >= 0.6 is 0 Å². The van der Waals surface area contributed by atoms with Crippen LogP contribution in [0.3, 0.4) is 0 Å². The van der Waals surface area contributed by atoms with Crippen molar-refractivity contribution in [2.75, 3.05) is 20.0 Å². The summed E-state index contributed by atoms with van der Waals surface area (Å²) in [7, 11) is 3.15. The van der Waals surface area contributed by atoms with Gasteiger partial charge in [-0.25, -0.2) is 4.39 Å². The minimum atomic E-state index is -0.417. The molecule has 0 spiro atoms. The van der Waals surface area contributed by atoms with E-state index in [4.69, 9.17) is 15.2 Å². The van der Waals surface area contributed by atoms with Gasteiger partial charge < -0.3 is 15.2 Å². The van der Waals surface area contributed by atoms with E-state index in [0.717, 1.165) is 11.1 Å². The fourth-order valence-electron chi connectivity index (χ4n) is 1.74. The first-order valence-electron chi connectivity index (χ1n) is 5.43. The molecule has 0 fully saturated rings. The fourth-order valence-corrected chi connectivity index (χ4v) is 1.74. The van der Waals surface area contributed by atoms with Crippen molar-refractivity contribution in [1.82, 2.24) is 0 Å². The Morgan fingerprint density at radius 3 is 2.11 bits per heavy atom. The van der Waals surface area contributed by atoms with E-state index < -0.39 is 5.82 Å². The lowest BCUT2D eigenvalue weighted by molar-refractivity contribution is 0.355. The highest BCUT2D eigenvalue weighted by molar-refractivity contribution is 5.70. The predicted molar refractivity (Wildman–Crippen MR) is 69.4 cm³/mol. The SMILES string of the molecule is COc1ccc(-c2ccc(F)c(N)c2)cc1OC. The monoisotopic (exact) mass is 247 g/mol. The van der Waals surface area contributed by atoms with Gasteiger partial charge in [0, 0.05) is 0 Å². The number of nitrogens with two attached hydrogens (primary N) is 1. The summed E-state index contributed by atoms with van der Waals surface area (Å²) in [5.41, 5.74) is 7.40. The lowest BCUT2D eigenvalue weighted by atomic mass is 10.0. The van der Waals surface area contributed by atoms with E-state index in [1.54, 1.807) is 32.4 Å². The second-order valence-corrected chi connectivity index (χ2v) is 3.81. The Bertz CT molecular complexity index is 570. The summed E-state index contributed by atoms with van der Waals surface area (Å²) >= 11 is 0. The lowest BCUT2D eigenvalue weighted by Crippen LogP contribution is -1.93. The fraction of sp³-hybridized carbons (Fsp3) is 0.143. The molecule has 0 aliphatic carbocycles. The second-order valence-electron chi connectivity index (χ2n) is 3.81. The molecule has 18 heavy (non-hydrogen) atoms. The van der Waals surface area contributed by atoms with Crippen LogP contribution in [0.4, 0.5) is 10.1 Å². The molecule has 0 aliphatic rings. The molecule has 0 amide bonds. The van der Waals surface area contributed by atoms with Gasteiger partial charge in [0.1, 0.15) is 5.82 Å². The molecule has 2 aromatic carbocycles. The highest BCUT2D eigenvalue weighted by Crippen LogP contribution is 2.33. The van der Waals surface area contributed by atoms with Gasteiger partial charge in [-0.3, -0.25) is 0 Å². The van der Waals surface area contributed by atoms with Gasteiger partial charge in [-0.1, -0.05) is 12.1 Å². The minimum Gasteiger partial charge on any atom is -0.493 e. The molecule has 2 rings (SSSR count). The molecular weight excluding hydrogens is 233 g/mol. The molecule has 94 valence electrons. The quantitative estimate of drug-likeness (QED) is 0.848. The first-order chi connectivity index (χ1) is 8.65. The summed E-state index contributed by atoms with van der Waals surface area (Å²) in [6.45, 7) is 0. The van der Waals surface area contributed by atoms with E-state index in [9.17, 15) is 4.39 Å². The molecule has 0 aromatic heterocycles. The van der Waals surface area contributed by atoms with Gasteiger partial charge in [-0.05, 0) is 35.4 Å². The Morgan fingerprint density at radius 2 is 1.50 bits per heavy atom. The maximum Gasteiger partial charge on any atom is 0.161 e. The van der Waals surface area contributed by atoms with Crippen LogP contribution < -0.4 is 15.2 Å². The van der Waals surface area contributed by atoms with Crippen LogP contribution in [0.25, 0.3) is 11.1 Å². The van der Waals surface area contributed by atoms with E-state index in [-0.39, 0.29) is 5.69 Å². The van der Waals surface area contributed by atoms with Crippen LogP contribution in [0.15, 0.2) is 36.4 Å². The van der Waals surface area contributed by atoms with Crippen molar-refractivity contribution in [2.45, 2.75) is 0 Å². The Balaban J connectivity index is 2.47. The summed E-state index contributed by atoms with van der Waals surface area (Å²) in [6.07, 6.45) is 0. The van der Waals surface area contributed by atoms with Crippen molar-refractivity contribution >= 4 is 5.69 Å². The van der Waals surface area contributed by atoms with Crippen LogP contribution in [0.2, 0.25) is 0 Å². The van der Waals surface area contributed by atoms with Crippen LogP contribution in [-0.4, -0.2) is 14.2 Å². The van der Waals surface area contributed by atoms with Crippen LogP contribution in [0.1, 0.15) is 0 Å². The third kappa shape index (κ3) is 2.22. The van der Waals surface area contributed by atoms with E-state index >= 15 is 0 Å². The maximum absolute atomic E-state index is 13.1. The second kappa shape index (κ2) is 4.96. The van der Waals surface area contributed by atoms with Crippen molar-refractivity contribution < 1.29 is 13.9 Å². The number of rotatable bonds is 3. The average molecular weight is 247 g/mol. The van der Waals surface area contributed by atoms with Crippen LogP contribution in [0.5, 0.6) is 11.5 Å². The highest BCUT2D eigenvalue weighted by Gasteiger charge is 2.07. The number of nitrogen functional groups attached to an aromatic ring is 1. The molecule has 4 heteroatoms. The zero-order chi connectivity index (χ0) is 13.1. The van der Waals surface area contributed by atoms with E-state index in [1.165, 1.54) is 6.07 Å². The molecule has 0 heterocycles. The van der Waals surface area contributed by atoms with Crippen molar-refractivity contribution in [3.05, 3.63) is 42.2 Å². The number of anilines is 1. The van der Waals surface area contributed by atoms with Crippen LogP contribution in [-0.2, 0) is 0 Å². The summed E-state index contributed by atoms with van der Waals surface area (Å²) in [6, 6.07) is 10.1. The summed E-state index contributed by atoms with van der Waals surface area (Å²) in [5.74, 6) is 0.855. The molecule has 0 aliphatic heterocycles. The maximum atomic E-state index is 13.1. The third-order valence-corrected chi connectivity index (χ3v) is 2.71. The normalized spacial score (nSPS) is 10.2. The number of hydrogen-bond donors (Lipinski definition) is 1. The van der Waals surface area contributed by atoms with Gasteiger partial charge in [0.25, 0.3) is 0 Å². The third-order valence-electron chi connectivity index (χ3n) is 2.71. The average Bonchev–Trinajstić information content (AvgIpc) is 2.41. The molecule has 0 saturated heterocycles. The van der Waals surface area contributed by atoms with Gasteiger partial charge in [0.2, 0.25) is 0 Å². The summed E-state index contributed by atoms with van der Waals surface area (Å²) in [5, 5.41) is 0. The largest absolute Gasteiger partial charge is 0.493 e. The van der Waals surface area contributed by atoms with Gasteiger partial charge in [0.05, 0.1) is 19.9 Å². The molecule has 0 radical (unpaired) electrons. The van der Waals surface area contributed by atoms with E-state index in [2.05, 4.69) is 0 Å². The molecule has 0 atom stereocenters. The standard InChI is InChI=1S/C14H14FNO2/c1-17-13-6-4-10(8-14(13)18-2)9-3-5-11(15)12(16)7-9/h3-8H,16H2,1-2H3. The van der Waals surface area contributed by atoms with Crippen molar-refractivity contribution in [2.24, 2.45) is 0 Å². The van der Waals surface area contributed by atoms with Gasteiger partial charge in [-0.15, -0.1) is 0 Å². The zero-order valence-electron chi connectivity index (χ0n) is 10.2. The first-order valence-corrected chi connectivity index (χ1v) is 5.43. The predicted octanol–water partition coefficient (Wildman–Crippen LogP) is 3.09. The number of halogens is 1.